The van der Waals surface area contributed by atoms with E-state index in [1.807, 2.05) is 32.9 Å². The Hall–Kier alpha value is -2.40. The van der Waals surface area contributed by atoms with Gasteiger partial charge in [0.15, 0.2) is 5.78 Å². The van der Waals surface area contributed by atoms with E-state index < -0.39 is 11.6 Å². The predicted molar refractivity (Wildman–Crippen MR) is 111 cm³/mol. The van der Waals surface area contributed by atoms with Crippen LogP contribution in [0.2, 0.25) is 0 Å². The maximum Gasteiger partial charge on any atom is 0.336 e. The molecule has 2 aromatic carbocycles. The summed E-state index contributed by atoms with van der Waals surface area (Å²) in [6.45, 7) is 9.16. The Balaban J connectivity index is 2.49. The van der Waals surface area contributed by atoms with E-state index in [0.717, 1.165) is 4.47 Å². The smallest absolute Gasteiger partial charge is 0.336 e. The Morgan fingerprint density at radius 3 is 2.22 bits per heavy atom. The first-order valence-electron chi connectivity index (χ1n) is 8.54. The molecule has 142 valence electrons. The summed E-state index contributed by atoms with van der Waals surface area (Å²) in [6, 6.07) is 8.85. The monoisotopic (exact) mass is 430 g/mol. The van der Waals surface area contributed by atoms with Crippen LogP contribution in [-0.2, 0) is 0 Å². The largest absolute Gasteiger partial charge is 0.487 e. The average molecular weight is 431 g/mol. The minimum atomic E-state index is -0.995. The van der Waals surface area contributed by atoms with E-state index in [9.17, 15) is 14.7 Å². The number of allylic oxidation sites excluding steroid dienone is 1. The molecule has 0 bridgehead atoms. The topological polar surface area (TPSA) is 63.6 Å². The number of aryl methyl sites for hydroxylation is 1. The average Bonchev–Trinajstić information content (AvgIpc) is 2.55. The molecular formula is C22H23BrO4. The Morgan fingerprint density at radius 1 is 1.11 bits per heavy atom. The second-order valence-electron chi connectivity index (χ2n) is 7.34. The molecule has 27 heavy (non-hydrogen) atoms. The summed E-state index contributed by atoms with van der Waals surface area (Å²) in [5, 5.41) is 9.52. The number of benzene rings is 2. The van der Waals surface area contributed by atoms with Crippen molar-refractivity contribution >= 4 is 33.8 Å². The van der Waals surface area contributed by atoms with E-state index in [1.165, 1.54) is 6.08 Å². The first-order valence-corrected chi connectivity index (χ1v) is 9.33. The van der Waals surface area contributed by atoms with Gasteiger partial charge in [-0.05, 0) is 82.7 Å². The Morgan fingerprint density at radius 2 is 1.70 bits per heavy atom. The van der Waals surface area contributed by atoms with Crippen molar-refractivity contribution in [1.82, 2.24) is 0 Å². The second kappa shape index (κ2) is 8.09. The minimum absolute atomic E-state index is 0.137. The van der Waals surface area contributed by atoms with Crippen LogP contribution in [0, 0.1) is 13.8 Å². The summed E-state index contributed by atoms with van der Waals surface area (Å²) >= 11 is 3.35. The normalized spacial score (nSPS) is 11.6. The molecule has 0 saturated carbocycles. The molecule has 2 aromatic rings. The number of hydrogen-bond donors (Lipinski definition) is 1. The molecule has 4 nitrogen and oxygen atoms in total. The van der Waals surface area contributed by atoms with Gasteiger partial charge in [0.25, 0.3) is 0 Å². The molecule has 0 aromatic heterocycles. The van der Waals surface area contributed by atoms with Gasteiger partial charge in [0.05, 0.1) is 5.56 Å². The van der Waals surface area contributed by atoms with Gasteiger partial charge in [0, 0.05) is 21.2 Å². The number of hydrogen-bond acceptors (Lipinski definition) is 3. The Labute approximate surface area is 168 Å². The quantitative estimate of drug-likeness (QED) is 0.478. The molecule has 0 spiro atoms. The van der Waals surface area contributed by atoms with Crippen molar-refractivity contribution in [1.29, 1.82) is 0 Å². The van der Waals surface area contributed by atoms with E-state index >= 15 is 0 Å². The summed E-state index contributed by atoms with van der Waals surface area (Å²) in [5.41, 5.74) is 2.14. The van der Waals surface area contributed by atoms with E-state index in [-0.39, 0.29) is 11.3 Å². The van der Waals surface area contributed by atoms with Crippen LogP contribution in [0.15, 0.2) is 40.9 Å². The molecule has 0 aliphatic carbocycles. The number of halogens is 1. The SMILES string of the molecule is Cc1cc(/C=C/C(=O)c2ccc(Br)cc2)c(OC(C)(C)C)c(C)c1C(=O)O. The van der Waals surface area contributed by atoms with Crippen molar-refractivity contribution in [3.8, 4) is 5.75 Å². The first kappa shape index (κ1) is 20.9. The van der Waals surface area contributed by atoms with E-state index in [2.05, 4.69) is 15.9 Å². The third kappa shape index (κ3) is 5.30. The van der Waals surface area contributed by atoms with Gasteiger partial charge in [-0.25, -0.2) is 4.79 Å². The number of carboxylic acids is 1. The second-order valence-corrected chi connectivity index (χ2v) is 8.25. The van der Waals surface area contributed by atoms with Crippen molar-refractivity contribution in [2.24, 2.45) is 0 Å². The summed E-state index contributed by atoms with van der Waals surface area (Å²) in [5.74, 6) is -0.655. The Kier molecular flexibility index (Phi) is 6.26. The van der Waals surface area contributed by atoms with Gasteiger partial charge in [-0.2, -0.15) is 0 Å². The van der Waals surface area contributed by atoms with Crippen molar-refractivity contribution in [3.05, 3.63) is 68.7 Å². The van der Waals surface area contributed by atoms with Gasteiger partial charge in [-0.15, -0.1) is 0 Å². The highest BCUT2D eigenvalue weighted by Gasteiger charge is 2.22. The number of carbonyl (C=O) groups is 2. The van der Waals surface area contributed by atoms with Gasteiger partial charge in [-0.3, -0.25) is 4.79 Å². The van der Waals surface area contributed by atoms with Crippen LogP contribution >= 0.6 is 15.9 Å². The number of carbonyl (C=O) groups excluding carboxylic acids is 1. The molecule has 5 heteroatoms. The lowest BCUT2D eigenvalue weighted by Crippen LogP contribution is -2.24. The highest BCUT2D eigenvalue weighted by molar-refractivity contribution is 9.10. The Bertz CT molecular complexity index is 903. The summed E-state index contributed by atoms with van der Waals surface area (Å²) in [6.07, 6.45) is 3.16. The third-order valence-corrected chi connectivity index (χ3v) is 4.44. The molecule has 0 radical (unpaired) electrons. The highest BCUT2D eigenvalue weighted by Crippen LogP contribution is 2.33. The van der Waals surface area contributed by atoms with Crippen LogP contribution in [0.4, 0.5) is 0 Å². The molecular weight excluding hydrogens is 408 g/mol. The third-order valence-electron chi connectivity index (χ3n) is 3.91. The maximum absolute atomic E-state index is 12.4. The van der Waals surface area contributed by atoms with Crippen LogP contribution in [0.1, 0.15) is 58.2 Å². The van der Waals surface area contributed by atoms with Crippen LogP contribution < -0.4 is 4.74 Å². The van der Waals surface area contributed by atoms with E-state index in [1.54, 1.807) is 38.1 Å². The van der Waals surface area contributed by atoms with Gasteiger partial charge in [-0.1, -0.05) is 15.9 Å². The van der Waals surface area contributed by atoms with E-state index in [0.29, 0.717) is 28.0 Å². The molecule has 0 aliphatic heterocycles. The zero-order valence-corrected chi connectivity index (χ0v) is 17.7. The van der Waals surface area contributed by atoms with E-state index in [4.69, 9.17) is 4.74 Å². The highest BCUT2D eigenvalue weighted by atomic mass is 79.9. The zero-order valence-electron chi connectivity index (χ0n) is 16.1. The molecule has 0 atom stereocenters. The number of ether oxygens (including phenoxy) is 1. The minimum Gasteiger partial charge on any atom is -0.487 e. The van der Waals surface area contributed by atoms with Crippen LogP contribution in [0.5, 0.6) is 5.75 Å². The summed E-state index contributed by atoms with van der Waals surface area (Å²) in [4.78, 5) is 24.1. The zero-order chi connectivity index (χ0) is 20.4. The fourth-order valence-electron chi connectivity index (χ4n) is 2.77. The van der Waals surface area contributed by atoms with Crippen molar-refractivity contribution < 1.29 is 19.4 Å². The van der Waals surface area contributed by atoms with Gasteiger partial charge in [0.2, 0.25) is 0 Å². The fourth-order valence-corrected chi connectivity index (χ4v) is 3.03. The molecule has 0 amide bonds. The van der Waals surface area contributed by atoms with Crippen LogP contribution in [0.25, 0.3) is 6.08 Å². The van der Waals surface area contributed by atoms with Gasteiger partial charge in [0.1, 0.15) is 11.4 Å². The number of ketones is 1. The van der Waals surface area contributed by atoms with Gasteiger partial charge >= 0.3 is 5.97 Å². The lowest BCUT2D eigenvalue weighted by Gasteiger charge is -2.25. The molecule has 0 heterocycles. The molecule has 0 saturated heterocycles. The fraction of sp³-hybridized carbons (Fsp3) is 0.273. The van der Waals surface area contributed by atoms with Crippen molar-refractivity contribution in [2.75, 3.05) is 0 Å². The van der Waals surface area contributed by atoms with Gasteiger partial charge < -0.3 is 9.84 Å². The standard InChI is InChI=1S/C22H23BrO4/c1-13-12-16(8-11-18(24)15-6-9-17(23)10-7-15)20(27-22(3,4)5)14(2)19(13)21(25)26/h6-12H,1-5H3,(H,25,26)/b11-8+. The van der Waals surface area contributed by atoms with Crippen LogP contribution in [0.3, 0.4) is 0 Å². The summed E-state index contributed by atoms with van der Waals surface area (Å²) < 4.78 is 6.93. The van der Waals surface area contributed by atoms with Crippen molar-refractivity contribution in [2.45, 2.75) is 40.2 Å². The number of rotatable bonds is 5. The molecule has 2 rings (SSSR count). The lowest BCUT2D eigenvalue weighted by molar-refractivity contribution is 0.0692. The molecule has 0 unspecified atom stereocenters. The maximum atomic E-state index is 12.4. The number of aromatic carboxylic acids is 1. The van der Waals surface area contributed by atoms with Crippen molar-refractivity contribution in [3.63, 3.8) is 0 Å². The molecule has 0 fully saturated rings. The van der Waals surface area contributed by atoms with Crippen LogP contribution in [-0.4, -0.2) is 22.5 Å². The summed E-state index contributed by atoms with van der Waals surface area (Å²) in [7, 11) is 0. The predicted octanol–water partition coefficient (Wildman–Crippen LogP) is 5.84. The first-order chi connectivity index (χ1) is 12.5. The lowest BCUT2D eigenvalue weighted by atomic mass is 9.96. The molecule has 1 N–H and O–H groups in total. The number of carboxylic acid groups (broad SMARTS) is 1. The molecule has 0 aliphatic rings.